The molecule has 1 N–H and O–H groups in total. The molecule has 3 aromatic rings. The first-order valence-electron chi connectivity index (χ1n) is 11.9. The van der Waals surface area contributed by atoms with Crippen LogP contribution >= 0.6 is 0 Å². The Hall–Kier alpha value is -2.72. The van der Waals surface area contributed by atoms with Crippen molar-refractivity contribution in [3.8, 4) is 0 Å². The molecule has 2 aliphatic rings. The van der Waals surface area contributed by atoms with Crippen molar-refractivity contribution in [2.45, 2.75) is 51.6 Å². The standard InChI is InChI=1S/C25H29F4N5O/c1-14(17-5-4-6-19(21(17)26)25(27,28)29)30-23-18-13-20-22(16-7-9-33(3)10-8-16)35-12-11-34(20)24(18)32-15(2)31-23/h4-6,13-14,16,22H,7-12H2,1-3H3,(H,30,31,32)/t14-,22?/m1/s1. The number of aromatic nitrogens is 3. The van der Waals surface area contributed by atoms with Gasteiger partial charge in [0.05, 0.1) is 23.6 Å². The maximum atomic E-state index is 14.8. The van der Waals surface area contributed by atoms with Crippen molar-refractivity contribution in [1.82, 2.24) is 19.4 Å². The first-order chi connectivity index (χ1) is 16.6. The van der Waals surface area contributed by atoms with Crippen molar-refractivity contribution in [1.29, 1.82) is 0 Å². The molecule has 0 radical (unpaired) electrons. The summed E-state index contributed by atoms with van der Waals surface area (Å²) < 4.78 is 62.8. The van der Waals surface area contributed by atoms with Gasteiger partial charge in [0, 0.05) is 17.8 Å². The van der Waals surface area contributed by atoms with Crippen molar-refractivity contribution in [2.75, 3.05) is 32.1 Å². The van der Waals surface area contributed by atoms with E-state index in [0.29, 0.717) is 30.7 Å². The number of benzene rings is 1. The van der Waals surface area contributed by atoms with Crippen LogP contribution in [0.5, 0.6) is 0 Å². The first kappa shape index (κ1) is 24.0. The Kier molecular flexibility index (Phi) is 6.21. The van der Waals surface area contributed by atoms with E-state index in [1.165, 1.54) is 12.1 Å². The average molecular weight is 492 g/mol. The van der Waals surface area contributed by atoms with Gasteiger partial charge >= 0.3 is 6.18 Å². The van der Waals surface area contributed by atoms with Crippen LogP contribution in [0.1, 0.15) is 54.6 Å². The number of nitrogens with one attached hydrogen (secondary N) is 1. The first-order valence-corrected chi connectivity index (χ1v) is 11.9. The zero-order chi connectivity index (χ0) is 24.9. The summed E-state index contributed by atoms with van der Waals surface area (Å²) in [7, 11) is 2.12. The lowest BCUT2D eigenvalue weighted by Gasteiger charge is -2.36. The molecule has 6 nitrogen and oxygen atoms in total. The zero-order valence-electron chi connectivity index (χ0n) is 20.0. The Bertz CT molecular complexity index is 1230. The lowest BCUT2D eigenvalue weighted by Crippen LogP contribution is -2.35. The molecular weight excluding hydrogens is 462 g/mol. The number of nitrogens with zero attached hydrogens (tertiary/aromatic N) is 4. The van der Waals surface area contributed by atoms with Crippen LogP contribution in [0, 0.1) is 18.7 Å². The Labute approximate surface area is 201 Å². The maximum absolute atomic E-state index is 14.8. The van der Waals surface area contributed by atoms with Crippen molar-refractivity contribution >= 4 is 16.9 Å². The average Bonchev–Trinajstić information content (AvgIpc) is 3.18. The van der Waals surface area contributed by atoms with E-state index in [-0.39, 0.29) is 11.7 Å². The van der Waals surface area contributed by atoms with Gasteiger partial charge in [0.1, 0.15) is 29.2 Å². The van der Waals surface area contributed by atoms with Gasteiger partial charge in [-0.25, -0.2) is 14.4 Å². The van der Waals surface area contributed by atoms with Gasteiger partial charge < -0.3 is 19.5 Å². The largest absolute Gasteiger partial charge is 0.419 e. The van der Waals surface area contributed by atoms with E-state index in [9.17, 15) is 17.6 Å². The van der Waals surface area contributed by atoms with E-state index >= 15 is 0 Å². The molecule has 1 saturated heterocycles. The molecule has 0 bridgehead atoms. The molecule has 0 spiro atoms. The smallest absolute Gasteiger partial charge is 0.370 e. The predicted octanol–water partition coefficient (Wildman–Crippen LogP) is 5.48. The summed E-state index contributed by atoms with van der Waals surface area (Å²) in [5.41, 5.74) is 0.459. The highest BCUT2D eigenvalue weighted by atomic mass is 19.4. The van der Waals surface area contributed by atoms with Crippen LogP contribution in [0.4, 0.5) is 23.4 Å². The van der Waals surface area contributed by atoms with Gasteiger partial charge in [0.15, 0.2) is 0 Å². The second-order valence-electron chi connectivity index (χ2n) is 9.58. The van der Waals surface area contributed by atoms with Crippen LogP contribution in [0.25, 0.3) is 11.0 Å². The van der Waals surface area contributed by atoms with E-state index in [2.05, 4.69) is 31.8 Å². The van der Waals surface area contributed by atoms with Gasteiger partial charge in [0.25, 0.3) is 0 Å². The second kappa shape index (κ2) is 9.05. The number of hydrogen-bond donors (Lipinski definition) is 1. The van der Waals surface area contributed by atoms with Crippen LogP contribution < -0.4 is 5.32 Å². The third kappa shape index (κ3) is 4.49. The molecule has 10 heteroatoms. The number of ether oxygens (including phenoxy) is 1. The molecule has 2 aliphatic heterocycles. The second-order valence-corrected chi connectivity index (χ2v) is 9.58. The summed E-state index contributed by atoms with van der Waals surface area (Å²) >= 11 is 0. The molecule has 0 aliphatic carbocycles. The van der Waals surface area contributed by atoms with Crippen LogP contribution in [0.3, 0.4) is 0 Å². The lowest BCUT2D eigenvalue weighted by molar-refractivity contribution is -0.140. The van der Waals surface area contributed by atoms with E-state index in [0.717, 1.165) is 48.7 Å². The monoisotopic (exact) mass is 491 g/mol. The SMILES string of the molecule is Cc1nc(N[C@H](C)c2cccc(C(F)(F)F)c2F)c2cc3n(c2n1)CCOC3C1CCN(C)CC1. The van der Waals surface area contributed by atoms with E-state index in [1.54, 1.807) is 13.8 Å². The fourth-order valence-electron chi connectivity index (χ4n) is 5.29. The highest BCUT2D eigenvalue weighted by molar-refractivity contribution is 5.89. The molecule has 1 fully saturated rings. The third-order valence-corrected chi connectivity index (χ3v) is 7.15. The Morgan fingerprint density at radius 3 is 2.60 bits per heavy atom. The van der Waals surface area contributed by atoms with Crippen molar-refractivity contribution < 1.29 is 22.3 Å². The number of fused-ring (bicyclic) bond motifs is 3. The summed E-state index contributed by atoms with van der Waals surface area (Å²) in [6.07, 6.45) is -2.71. The summed E-state index contributed by atoms with van der Waals surface area (Å²) in [5, 5.41) is 3.91. The highest BCUT2D eigenvalue weighted by Crippen LogP contribution is 2.40. The number of alkyl halides is 3. The van der Waals surface area contributed by atoms with Crippen molar-refractivity contribution in [3.63, 3.8) is 0 Å². The van der Waals surface area contributed by atoms with Gasteiger partial charge in [-0.2, -0.15) is 13.2 Å². The number of aryl methyl sites for hydroxylation is 1. The number of likely N-dealkylation sites (tertiary alicyclic amines) is 1. The van der Waals surface area contributed by atoms with Gasteiger partial charge in [0.2, 0.25) is 0 Å². The van der Waals surface area contributed by atoms with Crippen LogP contribution in [-0.4, -0.2) is 46.2 Å². The fraction of sp³-hybridized carbons (Fsp3) is 0.520. The number of halogens is 4. The molecular formula is C25H29F4N5O. The van der Waals surface area contributed by atoms with Crippen LogP contribution in [0.2, 0.25) is 0 Å². The number of anilines is 1. The molecule has 35 heavy (non-hydrogen) atoms. The Morgan fingerprint density at radius 2 is 1.89 bits per heavy atom. The van der Waals surface area contributed by atoms with Gasteiger partial charge in [-0.15, -0.1) is 0 Å². The van der Waals surface area contributed by atoms with E-state index < -0.39 is 23.6 Å². The van der Waals surface area contributed by atoms with E-state index in [1.807, 2.05) is 6.07 Å². The summed E-state index contributed by atoms with van der Waals surface area (Å²) in [4.78, 5) is 11.5. The maximum Gasteiger partial charge on any atom is 0.419 e. The summed E-state index contributed by atoms with van der Waals surface area (Å²) in [6, 6.07) is 4.62. The normalized spacial score (nSPS) is 20.7. The molecule has 5 rings (SSSR count). The topological polar surface area (TPSA) is 55.2 Å². The molecule has 2 aromatic heterocycles. The number of hydrogen-bond acceptors (Lipinski definition) is 5. The van der Waals surface area contributed by atoms with Gasteiger partial charge in [-0.1, -0.05) is 12.1 Å². The quantitative estimate of drug-likeness (QED) is 0.490. The minimum atomic E-state index is -4.76. The van der Waals surface area contributed by atoms with Crippen LogP contribution in [-0.2, 0) is 17.5 Å². The highest BCUT2D eigenvalue weighted by Gasteiger charge is 2.36. The third-order valence-electron chi connectivity index (χ3n) is 7.15. The number of rotatable bonds is 4. The molecule has 188 valence electrons. The fourth-order valence-corrected chi connectivity index (χ4v) is 5.29. The molecule has 0 saturated carbocycles. The van der Waals surface area contributed by atoms with Gasteiger partial charge in [-0.3, -0.25) is 0 Å². The summed E-state index contributed by atoms with van der Waals surface area (Å²) in [5.74, 6) is 0.132. The lowest BCUT2D eigenvalue weighted by atomic mass is 9.89. The minimum absolute atomic E-state index is 0.0434. The molecule has 1 unspecified atom stereocenters. The van der Waals surface area contributed by atoms with Crippen molar-refractivity contribution in [2.24, 2.45) is 5.92 Å². The minimum Gasteiger partial charge on any atom is -0.370 e. The zero-order valence-corrected chi connectivity index (χ0v) is 20.0. The molecule has 1 aromatic carbocycles. The van der Waals surface area contributed by atoms with Crippen molar-refractivity contribution in [3.05, 3.63) is 52.7 Å². The van der Waals surface area contributed by atoms with E-state index in [4.69, 9.17) is 4.74 Å². The molecule has 2 atom stereocenters. The Morgan fingerprint density at radius 1 is 1.14 bits per heavy atom. The van der Waals surface area contributed by atoms with Crippen LogP contribution in [0.15, 0.2) is 24.3 Å². The summed E-state index contributed by atoms with van der Waals surface area (Å²) in [6.45, 7) is 6.70. The molecule has 0 amide bonds. The number of piperidine rings is 1. The van der Waals surface area contributed by atoms with Gasteiger partial charge in [-0.05, 0) is 64.9 Å². The predicted molar refractivity (Wildman–Crippen MR) is 125 cm³/mol. The Balaban J connectivity index is 1.50. The molecule has 4 heterocycles.